The number of hydrogen-bond donors (Lipinski definition) is 1. The van der Waals surface area contributed by atoms with E-state index in [1.54, 1.807) is 12.1 Å². The molecule has 162 valence electrons. The van der Waals surface area contributed by atoms with Crippen molar-refractivity contribution in [3.05, 3.63) is 77.8 Å². The van der Waals surface area contributed by atoms with Gasteiger partial charge in [0.25, 0.3) is 0 Å². The second kappa shape index (κ2) is 10.1. The van der Waals surface area contributed by atoms with Gasteiger partial charge < -0.3 is 10.1 Å². The van der Waals surface area contributed by atoms with Gasteiger partial charge in [-0.2, -0.15) is 0 Å². The minimum Gasteiger partial charge on any atom is -0.495 e. The first-order valence-corrected chi connectivity index (χ1v) is 12.3. The van der Waals surface area contributed by atoms with Crippen LogP contribution in [-0.2, 0) is 14.8 Å². The average Bonchev–Trinajstić information content (AvgIpc) is 2.73. The number of anilines is 2. The molecule has 3 aromatic carbocycles. The molecular weight excluding hydrogens is 456 g/mol. The Morgan fingerprint density at radius 1 is 1.06 bits per heavy atom. The monoisotopic (exact) mass is 476 g/mol. The Balaban J connectivity index is 1.80. The van der Waals surface area contributed by atoms with Crippen molar-refractivity contribution < 1.29 is 17.9 Å². The van der Waals surface area contributed by atoms with Crippen LogP contribution in [0.4, 0.5) is 11.4 Å². The second-order valence-corrected chi connectivity index (χ2v) is 9.98. The highest BCUT2D eigenvalue weighted by atomic mass is 35.5. The molecule has 0 bridgehead atoms. The third-order valence-corrected chi connectivity index (χ3v) is 6.76. The molecule has 0 heterocycles. The average molecular weight is 477 g/mol. The Morgan fingerprint density at radius 3 is 2.39 bits per heavy atom. The number of halogens is 1. The standard InChI is InChI=1S/C22H21ClN2O4S2/c1-29-20-13-12-16(14-18(20)23)25(31(2,27)28)15-22(26)24-19-10-6-7-11-21(19)30-17-8-4-3-5-9-17/h3-14H,15H2,1-2H3,(H,24,26). The van der Waals surface area contributed by atoms with E-state index < -0.39 is 22.5 Å². The molecule has 0 fully saturated rings. The van der Waals surface area contributed by atoms with Crippen molar-refractivity contribution in [3.63, 3.8) is 0 Å². The summed E-state index contributed by atoms with van der Waals surface area (Å²) in [5.74, 6) is -0.0614. The summed E-state index contributed by atoms with van der Waals surface area (Å²) < 4.78 is 30.8. The van der Waals surface area contributed by atoms with Gasteiger partial charge in [0.05, 0.1) is 29.8 Å². The fourth-order valence-electron chi connectivity index (χ4n) is 2.81. The second-order valence-electron chi connectivity index (χ2n) is 6.55. The molecule has 0 aromatic heterocycles. The number of carbonyl (C=O) groups excluding carboxylic acids is 1. The molecule has 1 N–H and O–H groups in total. The summed E-state index contributed by atoms with van der Waals surface area (Å²) in [6.45, 7) is -0.397. The Labute approximate surface area is 191 Å². The zero-order valence-electron chi connectivity index (χ0n) is 16.9. The van der Waals surface area contributed by atoms with Crippen LogP contribution in [0.3, 0.4) is 0 Å². The van der Waals surface area contributed by atoms with Crippen molar-refractivity contribution in [3.8, 4) is 5.75 Å². The zero-order chi connectivity index (χ0) is 22.4. The first-order valence-electron chi connectivity index (χ1n) is 9.21. The van der Waals surface area contributed by atoms with Crippen molar-refractivity contribution in [2.24, 2.45) is 0 Å². The fourth-order valence-corrected chi connectivity index (χ4v) is 4.83. The van der Waals surface area contributed by atoms with Gasteiger partial charge in [-0.15, -0.1) is 0 Å². The Kier molecular flexibility index (Phi) is 7.48. The molecule has 31 heavy (non-hydrogen) atoms. The van der Waals surface area contributed by atoms with E-state index in [1.807, 2.05) is 48.5 Å². The van der Waals surface area contributed by atoms with Gasteiger partial charge in [-0.05, 0) is 42.5 Å². The summed E-state index contributed by atoms with van der Waals surface area (Å²) in [4.78, 5) is 14.6. The molecule has 3 aromatic rings. The quantitative estimate of drug-likeness (QED) is 0.500. The minimum atomic E-state index is -3.73. The van der Waals surface area contributed by atoms with Gasteiger partial charge in [-0.1, -0.05) is 53.7 Å². The lowest BCUT2D eigenvalue weighted by atomic mass is 10.3. The van der Waals surface area contributed by atoms with E-state index in [2.05, 4.69) is 5.32 Å². The van der Waals surface area contributed by atoms with Crippen LogP contribution in [-0.4, -0.2) is 34.2 Å². The van der Waals surface area contributed by atoms with Gasteiger partial charge >= 0.3 is 0 Å². The maximum Gasteiger partial charge on any atom is 0.245 e. The number of methoxy groups -OCH3 is 1. The van der Waals surface area contributed by atoms with Crippen LogP contribution in [0.15, 0.2) is 82.6 Å². The van der Waals surface area contributed by atoms with E-state index in [0.717, 1.165) is 20.4 Å². The number of nitrogens with one attached hydrogen (secondary N) is 1. The topological polar surface area (TPSA) is 75.7 Å². The lowest BCUT2D eigenvalue weighted by Gasteiger charge is -2.22. The number of benzene rings is 3. The maximum atomic E-state index is 12.8. The molecule has 9 heteroatoms. The molecule has 0 radical (unpaired) electrons. The maximum absolute atomic E-state index is 12.8. The van der Waals surface area contributed by atoms with Crippen molar-refractivity contribution >= 4 is 50.7 Å². The fraction of sp³-hybridized carbons (Fsp3) is 0.136. The predicted molar refractivity (Wildman–Crippen MR) is 126 cm³/mol. The van der Waals surface area contributed by atoms with Crippen LogP contribution in [0.25, 0.3) is 0 Å². The highest BCUT2D eigenvalue weighted by Crippen LogP contribution is 2.33. The molecule has 0 aliphatic rings. The van der Waals surface area contributed by atoms with Crippen LogP contribution < -0.4 is 14.4 Å². The molecule has 3 rings (SSSR count). The first-order chi connectivity index (χ1) is 14.8. The van der Waals surface area contributed by atoms with Crippen molar-refractivity contribution in [2.45, 2.75) is 9.79 Å². The molecular formula is C22H21ClN2O4S2. The van der Waals surface area contributed by atoms with E-state index in [1.165, 1.54) is 31.0 Å². The number of nitrogens with zero attached hydrogens (tertiary/aromatic N) is 1. The molecule has 0 saturated carbocycles. The number of rotatable bonds is 8. The van der Waals surface area contributed by atoms with Gasteiger partial charge in [0.15, 0.2) is 0 Å². The molecule has 6 nitrogen and oxygen atoms in total. The summed E-state index contributed by atoms with van der Waals surface area (Å²) in [6.07, 6.45) is 1.04. The Hall–Kier alpha value is -2.68. The highest BCUT2D eigenvalue weighted by Gasteiger charge is 2.22. The summed E-state index contributed by atoms with van der Waals surface area (Å²) in [5.41, 5.74) is 0.873. The SMILES string of the molecule is COc1ccc(N(CC(=O)Nc2ccccc2Sc2ccccc2)S(C)(=O)=O)cc1Cl. The van der Waals surface area contributed by atoms with Crippen LogP contribution >= 0.6 is 23.4 Å². The van der Waals surface area contributed by atoms with Crippen LogP contribution in [0.5, 0.6) is 5.75 Å². The summed E-state index contributed by atoms with van der Waals surface area (Å²) in [7, 11) is -2.27. The van der Waals surface area contributed by atoms with E-state index in [9.17, 15) is 13.2 Å². The van der Waals surface area contributed by atoms with E-state index in [4.69, 9.17) is 16.3 Å². The number of carbonyl (C=O) groups is 1. The molecule has 0 saturated heterocycles. The molecule has 1 amide bonds. The van der Waals surface area contributed by atoms with E-state index in [0.29, 0.717) is 11.4 Å². The third-order valence-electron chi connectivity index (χ3n) is 4.24. The zero-order valence-corrected chi connectivity index (χ0v) is 19.3. The van der Waals surface area contributed by atoms with Gasteiger partial charge in [0, 0.05) is 9.79 Å². The van der Waals surface area contributed by atoms with Gasteiger partial charge in [-0.3, -0.25) is 9.10 Å². The van der Waals surface area contributed by atoms with Crippen molar-refractivity contribution in [1.82, 2.24) is 0 Å². The Bertz CT molecular complexity index is 1170. The van der Waals surface area contributed by atoms with Crippen LogP contribution in [0.2, 0.25) is 5.02 Å². The molecule has 0 unspecified atom stereocenters. The van der Waals surface area contributed by atoms with Gasteiger partial charge in [-0.25, -0.2) is 8.42 Å². The van der Waals surface area contributed by atoms with Crippen LogP contribution in [0, 0.1) is 0 Å². The number of sulfonamides is 1. The summed E-state index contributed by atoms with van der Waals surface area (Å²) in [6, 6.07) is 21.7. The Morgan fingerprint density at radius 2 is 1.74 bits per heavy atom. The summed E-state index contributed by atoms with van der Waals surface area (Å²) >= 11 is 7.64. The number of hydrogen-bond acceptors (Lipinski definition) is 5. The highest BCUT2D eigenvalue weighted by molar-refractivity contribution is 7.99. The molecule has 0 aliphatic heterocycles. The number of para-hydroxylation sites is 1. The van der Waals surface area contributed by atoms with Crippen molar-refractivity contribution in [1.29, 1.82) is 0 Å². The van der Waals surface area contributed by atoms with Gasteiger partial charge in [0.1, 0.15) is 12.3 Å². The third kappa shape index (κ3) is 6.16. The summed E-state index contributed by atoms with van der Waals surface area (Å²) in [5, 5.41) is 3.07. The van der Waals surface area contributed by atoms with Crippen LogP contribution in [0.1, 0.15) is 0 Å². The number of ether oxygens (including phenoxy) is 1. The van der Waals surface area contributed by atoms with E-state index in [-0.39, 0.29) is 10.7 Å². The first kappa shape index (κ1) is 23.0. The normalized spacial score (nSPS) is 11.1. The lowest BCUT2D eigenvalue weighted by Crippen LogP contribution is -2.37. The van der Waals surface area contributed by atoms with Gasteiger partial charge in [0.2, 0.25) is 15.9 Å². The number of amides is 1. The van der Waals surface area contributed by atoms with E-state index >= 15 is 0 Å². The predicted octanol–water partition coefficient (Wildman–Crippen LogP) is 4.90. The minimum absolute atomic E-state index is 0.249. The van der Waals surface area contributed by atoms with Crippen molar-refractivity contribution in [2.75, 3.05) is 29.5 Å². The molecule has 0 spiro atoms. The lowest BCUT2D eigenvalue weighted by molar-refractivity contribution is -0.114. The molecule has 0 atom stereocenters. The largest absolute Gasteiger partial charge is 0.495 e. The smallest absolute Gasteiger partial charge is 0.245 e. The molecule has 0 aliphatic carbocycles.